The molecule has 2 heteroatoms. The van der Waals surface area contributed by atoms with Crippen LogP contribution in [0, 0.1) is 24.6 Å². The molecule has 0 unspecified atom stereocenters. The minimum Gasteiger partial charge on any atom is -0.299 e. The molecule has 0 saturated heterocycles. The van der Waals surface area contributed by atoms with Crippen LogP contribution in [0.2, 0.25) is 0 Å². The van der Waals surface area contributed by atoms with E-state index in [2.05, 4.69) is 11.8 Å². The van der Waals surface area contributed by atoms with E-state index in [0.29, 0.717) is 5.56 Å². The number of aryl methyl sites for hydroxylation is 1. The lowest BCUT2D eigenvalue weighted by Crippen LogP contribution is -2.10. The van der Waals surface area contributed by atoms with Gasteiger partial charge in [0.2, 0.25) is 0 Å². The summed E-state index contributed by atoms with van der Waals surface area (Å²) in [5.74, 6) is 5.81. The lowest BCUT2D eigenvalue weighted by Gasteiger charge is -2.01. The summed E-state index contributed by atoms with van der Waals surface area (Å²) in [6.45, 7) is 2.46. The van der Waals surface area contributed by atoms with E-state index in [4.69, 9.17) is 0 Å². The Morgan fingerprint density at radius 2 is 2.07 bits per heavy atom. The third kappa shape index (κ3) is 3.20. The van der Waals surface area contributed by atoms with Gasteiger partial charge in [0.25, 0.3) is 0 Å². The van der Waals surface area contributed by atoms with E-state index in [-0.39, 0.29) is 5.82 Å². The van der Waals surface area contributed by atoms with Gasteiger partial charge in [-0.05, 0) is 44.8 Å². The highest BCUT2D eigenvalue weighted by molar-refractivity contribution is 5.37. The fraction of sp³-hybridized carbons (Fsp3) is 0.333. The number of halogens is 1. The van der Waals surface area contributed by atoms with Crippen molar-refractivity contribution in [1.82, 2.24) is 4.90 Å². The largest absolute Gasteiger partial charge is 0.299 e. The summed E-state index contributed by atoms with van der Waals surface area (Å²) in [5, 5.41) is 0. The maximum atomic E-state index is 12.9. The molecule has 74 valence electrons. The lowest BCUT2D eigenvalue weighted by molar-refractivity contribution is 0.464. The van der Waals surface area contributed by atoms with Gasteiger partial charge < -0.3 is 0 Å². The van der Waals surface area contributed by atoms with Gasteiger partial charge >= 0.3 is 0 Å². The Kier molecular flexibility index (Phi) is 3.67. The van der Waals surface area contributed by atoms with Crippen molar-refractivity contribution < 1.29 is 4.39 Å². The highest BCUT2D eigenvalue weighted by atomic mass is 19.1. The van der Waals surface area contributed by atoms with Crippen LogP contribution in [-0.2, 0) is 0 Å². The maximum Gasteiger partial charge on any atom is 0.126 e. The highest BCUT2D eigenvalue weighted by Gasteiger charge is 1.95. The Morgan fingerprint density at radius 1 is 1.36 bits per heavy atom. The third-order valence-corrected chi connectivity index (χ3v) is 1.79. The first-order valence-electron chi connectivity index (χ1n) is 4.49. The van der Waals surface area contributed by atoms with Crippen LogP contribution in [0.25, 0.3) is 0 Å². The standard InChI is InChI=1S/C12H14FN/c1-10-9-11(6-7-12(10)13)5-4-8-14(2)3/h6-7,9H,8H2,1-3H3. The second kappa shape index (κ2) is 4.78. The molecule has 0 fully saturated rings. The molecular formula is C12H14FN. The zero-order chi connectivity index (χ0) is 10.6. The summed E-state index contributed by atoms with van der Waals surface area (Å²) in [7, 11) is 3.93. The molecule has 14 heavy (non-hydrogen) atoms. The number of hydrogen-bond acceptors (Lipinski definition) is 1. The van der Waals surface area contributed by atoms with Gasteiger partial charge in [0.15, 0.2) is 0 Å². The average Bonchev–Trinajstić information content (AvgIpc) is 2.10. The molecule has 1 aromatic rings. The molecule has 1 aromatic carbocycles. The first-order valence-corrected chi connectivity index (χ1v) is 4.49. The number of nitrogens with zero attached hydrogens (tertiary/aromatic N) is 1. The van der Waals surface area contributed by atoms with Crippen molar-refractivity contribution in [2.45, 2.75) is 6.92 Å². The van der Waals surface area contributed by atoms with Gasteiger partial charge in [-0.15, -0.1) is 0 Å². The average molecular weight is 191 g/mol. The van der Waals surface area contributed by atoms with E-state index in [1.807, 2.05) is 19.0 Å². The molecule has 0 radical (unpaired) electrons. The Balaban J connectivity index is 2.76. The molecule has 0 aromatic heterocycles. The van der Waals surface area contributed by atoms with Crippen molar-refractivity contribution in [2.24, 2.45) is 0 Å². The van der Waals surface area contributed by atoms with Crippen molar-refractivity contribution >= 4 is 0 Å². The molecule has 1 nitrogen and oxygen atoms in total. The van der Waals surface area contributed by atoms with Gasteiger partial charge in [-0.1, -0.05) is 11.8 Å². The highest BCUT2D eigenvalue weighted by Crippen LogP contribution is 2.07. The van der Waals surface area contributed by atoms with Crippen LogP contribution < -0.4 is 0 Å². The molecule has 0 bridgehead atoms. The molecule has 0 atom stereocenters. The maximum absolute atomic E-state index is 12.9. The van der Waals surface area contributed by atoms with E-state index in [0.717, 1.165) is 12.1 Å². The number of hydrogen-bond donors (Lipinski definition) is 0. The van der Waals surface area contributed by atoms with Crippen LogP contribution >= 0.6 is 0 Å². The van der Waals surface area contributed by atoms with Crippen molar-refractivity contribution in [3.05, 3.63) is 35.1 Å². The normalized spacial score (nSPS) is 9.79. The van der Waals surface area contributed by atoms with Crippen LogP contribution in [-0.4, -0.2) is 25.5 Å². The molecule has 0 N–H and O–H groups in total. The van der Waals surface area contributed by atoms with Crippen LogP contribution in [0.4, 0.5) is 4.39 Å². The minimum absolute atomic E-state index is 0.178. The van der Waals surface area contributed by atoms with E-state index in [9.17, 15) is 4.39 Å². The summed E-state index contributed by atoms with van der Waals surface area (Å²) in [6, 6.07) is 4.91. The van der Waals surface area contributed by atoms with E-state index in [1.165, 1.54) is 6.07 Å². The SMILES string of the molecule is Cc1cc(C#CCN(C)C)ccc1F. The van der Waals surface area contributed by atoms with Gasteiger partial charge in [-0.3, -0.25) is 4.90 Å². The molecule has 0 spiro atoms. The Bertz CT molecular complexity index is 372. The fourth-order valence-corrected chi connectivity index (χ4v) is 1.02. The van der Waals surface area contributed by atoms with Crippen LogP contribution in [0.15, 0.2) is 18.2 Å². The first kappa shape index (κ1) is 10.7. The predicted molar refractivity (Wildman–Crippen MR) is 56.6 cm³/mol. The minimum atomic E-state index is -0.178. The van der Waals surface area contributed by atoms with Crippen LogP contribution in [0.1, 0.15) is 11.1 Å². The van der Waals surface area contributed by atoms with Gasteiger partial charge in [0, 0.05) is 5.56 Å². The second-order valence-corrected chi connectivity index (χ2v) is 3.50. The Hall–Kier alpha value is -1.33. The van der Waals surface area contributed by atoms with E-state index >= 15 is 0 Å². The second-order valence-electron chi connectivity index (χ2n) is 3.50. The number of benzene rings is 1. The van der Waals surface area contributed by atoms with Crippen LogP contribution in [0.3, 0.4) is 0 Å². The molecule has 0 saturated carbocycles. The summed E-state index contributed by atoms with van der Waals surface area (Å²) >= 11 is 0. The predicted octanol–water partition coefficient (Wildman–Crippen LogP) is 2.05. The Labute approximate surface area is 84.5 Å². The van der Waals surface area contributed by atoms with Gasteiger partial charge in [-0.2, -0.15) is 0 Å². The van der Waals surface area contributed by atoms with Crippen molar-refractivity contribution in [3.63, 3.8) is 0 Å². The smallest absolute Gasteiger partial charge is 0.126 e. The molecule has 0 aliphatic heterocycles. The quantitative estimate of drug-likeness (QED) is 0.614. The van der Waals surface area contributed by atoms with Crippen molar-refractivity contribution in [2.75, 3.05) is 20.6 Å². The molecule has 0 amide bonds. The zero-order valence-corrected chi connectivity index (χ0v) is 8.76. The van der Waals surface area contributed by atoms with Gasteiger partial charge in [0.05, 0.1) is 6.54 Å². The summed E-state index contributed by atoms with van der Waals surface area (Å²) in [4.78, 5) is 1.99. The zero-order valence-electron chi connectivity index (χ0n) is 8.76. The molecule has 0 aliphatic rings. The van der Waals surface area contributed by atoms with Crippen molar-refractivity contribution in [3.8, 4) is 11.8 Å². The fourth-order valence-electron chi connectivity index (χ4n) is 1.02. The van der Waals surface area contributed by atoms with Crippen LogP contribution in [0.5, 0.6) is 0 Å². The third-order valence-electron chi connectivity index (χ3n) is 1.79. The molecule has 1 rings (SSSR count). The number of rotatable bonds is 1. The summed E-state index contributed by atoms with van der Waals surface area (Å²) in [6.07, 6.45) is 0. The monoisotopic (exact) mass is 191 g/mol. The molecule has 0 heterocycles. The van der Waals surface area contributed by atoms with Crippen molar-refractivity contribution in [1.29, 1.82) is 0 Å². The molecule has 0 aliphatic carbocycles. The summed E-state index contributed by atoms with van der Waals surface area (Å²) < 4.78 is 12.9. The molecular weight excluding hydrogens is 177 g/mol. The van der Waals surface area contributed by atoms with Gasteiger partial charge in [-0.25, -0.2) is 4.39 Å². The van der Waals surface area contributed by atoms with E-state index in [1.54, 1.807) is 19.1 Å². The van der Waals surface area contributed by atoms with E-state index < -0.39 is 0 Å². The lowest BCUT2D eigenvalue weighted by atomic mass is 10.1. The summed E-state index contributed by atoms with van der Waals surface area (Å²) in [5.41, 5.74) is 1.51. The topological polar surface area (TPSA) is 3.24 Å². The first-order chi connectivity index (χ1) is 6.59. The van der Waals surface area contributed by atoms with Gasteiger partial charge in [0.1, 0.15) is 5.82 Å². The Morgan fingerprint density at radius 3 is 2.64 bits per heavy atom.